The average molecular weight is 212 g/mol. The van der Waals surface area contributed by atoms with Gasteiger partial charge in [-0.25, -0.2) is 0 Å². The van der Waals surface area contributed by atoms with Crippen LogP contribution in [0.5, 0.6) is 0 Å². The van der Waals surface area contributed by atoms with Crippen molar-refractivity contribution in [2.75, 3.05) is 0 Å². The molecule has 0 amide bonds. The lowest BCUT2D eigenvalue weighted by Crippen LogP contribution is -1.93. The Labute approximate surface area is 88.6 Å². The maximum Gasteiger partial charge on any atom is 0.303 e. The van der Waals surface area contributed by atoms with Crippen molar-refractivity contribution in [2.45, 2.75) is 39.0 Å². The molecule has 1 rings (SSSR count). The van der Waals surface area contributed by atoms with E-state index < -0.39 is 5.97 Å². The predicted octanol–water partition coefficient (Wildman–Crippen LogP) is 3.24. The molecule has 0 aromatic carbocycles. The zero-order valence-electron chi connectivity index (χ0n) is 8.45. The number of rotatable bonds is 6. The summed E-state index contributed by atoms with van der Waals surface area (Å²) in [4.78, 5) is 13.0. The predicted molar refractivity (Wildman–Crippen MR) is 58.9 cm³/mol. The molecule has 0 spiro atoms. The van der Waals surface area contributed by atoms with Crippen molar-refractivity contribution in [1.82, 2.24) is 0 Å². The standard InChI is InChI=1S/C11H16O2S/c1-9-7-8-10(14-9)5-3-2-4-6-11(12)13/h7-8H,2-6H2,1H3,(H,12,13). The Bertz CT molecular complexity index is 291. The summed E-state index contributed by atoms with van der Waals surface area (Å²) >= 11 is 1.84. The molecule has 1 aromatic rings. The molecule has 0 aliphatic rings. The van der Waals surface area contributed by atoms with Crippen molar-refractivity contribution in [3.8, 4) is 0 Å². The molecule has 0 atom stereocenters. The van der Waals surface area contributed by atoms with E-state index >= 15 is 0 Å². The third-order valence-corrected chi connectivity index (χ3v) is 3.17. The number of hydrogen-bond acceptors (Lipinski definition) is 2. The van der Waals surface area contributed by atoms with E-state index in [9.17, 15) is 4.79 Å². The summed E-state index contributed by atoms with van der Waals surface area (Å²) in [5.74, 6) is -0.683. The summed E-state index contributed by atoms with van der Waals surface area (Å²) < 4.78 is 0. The SMILES string of the molecule is Cc1ccc(CCCCCC(=O)O)s1. The lowest BCUT2D eigenvalue weighted by molar-refractivity contribution is -0.137. The molecule has 2 nitrogen and oxygen atoms in total. The normalized spacial score (nSPS) is 10.4. The molecule has 1 N–H and O–H groups in total. The molecule has 0 fully saturated rings. The first kappa shape index (κ1) is 11.2. The smallest absolute Gasteiger partial charge is 0.303 e. The third-order valence-electron chi connectivity index (χ3n) is 2.11. The van der Waals surface area contributed by atoms with Gasteiger partial charge in [-0.05, 0) is 38.3 Å². The van der Waals surface area contributed by atoms with Gasteiger partial charge in [0.15, 0.2) is 0 Å². The lowest BCUT2D eigenvalue weighted by Gasteiger charge is -1.97. The Morgan fingerprint density at radius 1 is 1.36 bits per heavy atom. The van der Waals surface area contributed by atoms with Crippen LogP contribution < -0.4 is 0 Å². The van der Waals surface area contributed by atoms with Crippen molar-refractivity contribution in [3.05, 3.63) is 21.9 Å². The second kappa shape index (κ2) is 5.81. The number of unbranched alkanes of at least 4 members (excludes halogenated alkanes) is 2. The van der Waals surface area contributed by atoms with Gasteiger partial charge in [0.1, 0.15) is 0 Å². The van der Waals surface area contributed by atoms with E-state index in [1.807, 2.05) is 11.3 Å². The topological polar surface area (TPSA) is 37.3 Å². The molecule has 0 aliphatic carbocycles. The molecule has 0 saturated heterocycles. The average Bonchev–Trinajstić information content (AvgIpc) is 2.50. The van der Waals surface area contributed by atoms with Crippen LogP contribution in [0.3, 0.4) is 0 Å². The molecule has 1 heterocycles. The van der Waals surface area contributed by atoms with Crippen LogP contribution in [0.25, 0.3) is 0 Å². The summed E-state index contributed by atoms with van der Waals surface area (Å²) in [6.07, 6.45) is 4.33. The number of hydrogen-bond donors (Lipinski definition) is 1. The fraction of sp³-hybridized carbons (Fsp3) is 0.545. The summed E-state index contributed by atoms with van der Waals surface area (Å²) in [6, 6.07) is 4.30. The van der Waals surface area contributed by atoms with Gasteiger partial charge in [0, 0.05) is 16.2 Å². The quantitative estimate of drug-likeness (QED) is 0.735. The Morgan fingerprint density at radius 3 is 2.71 bits per heavy atom. The molecular formula is C11H16O2S. The highest BCUT2D eigenvalue weighted by Gasteiger charge is 1.98. The van der Waals surface area contributed by atoms with E-state index in [-0.39, 0.29) is 0 Å². The van der Waals surface area contributed by atoms with E-state index in [0.717, 1.165) is 25.7 Å². The molecule has 0 bridgehead atoms. The Hall–Kier alpha value is -0.830. The first-order valence-electron chi connectivity index (χ1n) is 4.95. The number of aliphatic carboxylic acids is 1. The zero-order chi connectivity index (χ0) is 10.4. The number of thiophene rings is 1. The first-order chi connectivity index (χ1) is 6.68. The Morgan fingerprint density at radius 2 is 2.14 bits per heavy atom. The summed E-state index contributed by atoms with van der Waals surface area (Å²) in [5.41, 5.74) is 0. The van der Waals surface area contributed by atoms with Crippen molar-refractivity contribution in [3.63, 3.8) is 0 Å². The second-order valence-electron chi connectivity index (χ2n) is 3.47. The highest BCUT2D eigenvalue weighted by molar-refractivity contribution is 7.11. The van der Waals surface area contributed by atoms with Gasteiger partial charge in [-0.3, -0.25) is 4.79 Å². The van der Waals surface area contributed by atoms with Gasteiger partial charge < -0.3 is 5.11 Å². The van der Waals surface area contributed by atoms with Crippen molar-refractivity contribution < 1.29 is 9.90 Å². The molecule has 0 radical (unpaired) electrons. The van der Waals surface area contributed by atoms with Crippen LogP contribution in [-0.2, 0) is 11.2 Å². The summed E-state index contributed by atoms with van der Waals surface area (Å²) in [5, 5.41) is 8.44. The minimum atomic E-state index is -0.683. The van der Waals surface area contributed by atoms with Gasteiger partial charge in [0.2, 0.25) is 0 Å². The fourth-order valence-electron chi connectivity index (χ4n) is 1.37. The highest BCUT2D eigenvalue weighted by Crippen LogP contribution is 2.17. The van der Waals surface area contributed by atoms with E-state index in [2.05, 4.69) is 19.1 Å². The minimum absolute atomic E-state index is 0.309. The van der Waals surface area contributed by atoms with Crippen LogP contribution in [0.2, 0.25) is 0 Å². The molecule has 1 aromatic heterocycles. The van der Waals surface area contributed by atoms with Crippen LogP contribution in [0.1, 0.15) is 35.4 Å². The summed E-state index contributed by atoms with van der Waals surface area (Å²) in [6.45, 7) is 2.11. The van der Waals surface area contributed by atoms with Gasteiger partial charge in [-0.15, -0.1) is 11.3 Å². The Balaban J connectivity index is 2.07. The highest BCUT2D eigenvalue weighted by atomic mass is 32.1. The molecule has 0 saturated carbocycles. The maximum absolute atomic E-state index is 10.2. The minimum Gasteiger partial charge on any atom is -0.481 e. The number of carbonyl (C=O) groups is 1. The van der Waals surface area contributed by atoms with Crippen molar-refractivity contribution >= 4 is 17.3 Å². The van der Waals surface area contributed by atoms with Crippen LogP contribution in [0.4, 0.5) is 0 Å². The second-order valence-corrected chi connectivity index (χ2v) is 4.84. The van der Waals surface area contributed by atoms with E-state index in [1.54, 1.807) is 0 Å². The van der Waals surface area contributed by atoms with E-state index in [1.165, 1.54) is 9.75 Å². The molecule has 0 unspecified atom stereocenters. The molecule has 3 heteroatoms. The van der Waals surface area contributed by atoms with Crippen molar-refractivity contribution in [1.29, 1.82) is 0 Å². The molecule has 0 aliphatic heterocycles. The first-order valence-corrected chi connectivity index (χ1v) is 5.77. The van der Waals surface area contributed by atoms with Crippen LogP contribution in [0, 0.1) is 6.92 Å². The fourth-order valence-corrected chi connectivity index (χ4v) is 2.30. The van der Waals surface area contributed by atoms with Gasteiger partial charge >= 0.3 is 5.97 Å². The molecular weight excluding hydrogens is 196 g/mol. The van der Waals surface area contributed by atoms with Gasteiger partial charge in [0.05, 0.1) is 0 Å². The summed E-state index contributed by atoms with van der Waals surface area (Å²) in [7, 11) is 0. The zero-order valence-corrected chi connectivity index (χ0v) is 9.27. The lowest BCUT2D eigenvalue weighted by atomic mass is 10.1. The van der Waals surface area contributed by atoms with E-state index in [0.29, 0.717) is 6.42 Å². The van der Waals surface area contributed by atoms with Crippen molar-refractivity contribution in [2.24, 2.45) is 0 Å². The molecule has 14 heavy (non-hydrogen) atoms. The van der Waals surface area contributed by atoms with Crippen LogP contribution in [-0.4, -0.2) is 11.1 Å². The molecule has 78 valence electrons. The van der Waals surface area contributed by atoms with Crippen LogP contribution in [0.15, 0.2) is 12.1 Å². The van der Waals surface area contributed by atoms with Gasteiger partial charge in [-0.2, -0.15) is 0 Å². The monoisotopic (exact) mass is 212 g/mol. The number of carboxylic acid groups (broad SMARTS) is 1. The van der Waals surface area contributed by atoms with Crippen LogP contribution >= 0.6 is 11.3 Å². The third kappa shape index (κ3) is 4.42. The number of carboxylic acids is 1. The number of aryl methyl sites for hydroxylation is 2. The largest absolute Gasteiger partial charge is 0.481 e. The Kier molecular flexibility index (Phi) is 4.66. The van der Waals surface area contributed by atoms with Gasteiger partial charge in [-0.1, -0.05) is 6.42 Å². The van der Waals surface area contributed by atoms with Gasteiger partial charge in [0.25, 0.3) is 0 Å². The van der Waals surface area contributed by atoms with E-state index in [4.69, 9.17) is 5.11 Å². The maximum atomic E-state index is 10.2.